The topological polar surface area (TPSA) is 103 Å². The lowest BCUT2D eigenvalue weighted by molar-refractivity contribution is 0.0727. The third kappa shape index (κ3) is 3.38. The van der Waals surface area contributed by atoms with E-state index >= 15 is 0 Å². The molecule has 0 bridgehead atoms. The van der Waals surface area contributed by atoms with Gasteiger partial charge in [0.25, 0.3) is 0 Å². The van der Waals surface area contributed by atoms with Gasteiger partial charge in [-0.05, 0) is 36.4 Å². The first kappa shape index (κ1) is 16.5. The van der Waals surface area contributed by atoms with Gasteiger partial charge in [-0.3, -0.25) is 9.78 Å². The average molecular weight is 360 g/mol. The molecular weight excluding hydrogens is 348 g/mol. The third-order valence-corrected chi connectivity index (χ3v) is 3.83. The Balaban J connectivity index is 1.61. The van der Waals surface area contributed by atoms with Crippen molar-refractivity contribution in [3.8, 4) is 23.0 Å². The second-order valence-corrected chi connectivity index (χ2v) is 5.67. The van der Waals surface area contributed by atoms with Gasteiger partial charge < -0.3 is 14.3 Å². The van der Waals surface area contributed by atoms with Gasteiger partial charge in [0.2, 0.25) is 5.88 Å². The first-order valence-corrected chi connectivity index (χ1v) is 7.96. The SMILES string of the molecule is O=C(Oc1ccc(-c2cc(=O)c3cc(O)ccc3o2)cn1)c1cccnc1. The number of rotatable bonds is 3. The smallest absolute Gasteiger partial charge is 0.346 e. The molecule has 0 radical (unpaired) electrons. The highest BCUT2D eigenvalue weighted by molar-refractivity contribution is 5.90. The number of fused-ring (bicyclic) bond motifs is 1. The number of phenols is 1. The van der Waals surface area contributed by atoms with Gasteiger partial charge in [0, 0.05) is 36.3 Å². The molecule has 1 aromatic carbocycles. The van der Waals surface area contributed by atoms with E-state index in [-0.39, 0.29) is 22.4 Å². The Morgan fingerprint density at radius 1 is 1.07 bits per heavy atom. The Bertz CT molecular complexity index is 1180. The predicted molar refractivity (Wildman–Crippen MR) is 96.6 cm³/mol. The second kappa shape index (κ2) is 6.72. The highest BCUT2D eigenvalue weighted by Crippen LogP contribution is 2.24. The lowest BCUT2D eigenvalue weighted by Gasteiger charge is -2.05. The number of aromatic nitrogens is 2. The lowest BCUT2D eigenvalue weighted by atomic mass is 10.1. The highest BCUT2D eigenvalue weighted by Gasteiger charge is 2.11. The maximum absolute atomic E-state index is 12.2. The summed E-state index contributed by atoms with van der Waals surface area (Å²) in [4.78, 5) is 32.2. The van der Waals surface area contributed by atoms with Gasteiger partial charge in [0.1, 0.15) is 17.1 Å². The molecule has 0 saturated carbocycles. The number of pyridine rings is 2. The van der Waals surface area contributed by atoms with E-state index in [1.165, 1.54) is 42.7 Å². The fourth-order valence-electron chi connectivity index (χ4n) is 2.51. The molecule has 0 amide bonds. The molecule has 0 saturated heterocycles. The highest BCUT2D eigenvalue weighted by atomic mass is 16.5. The maximum atomic E-state index is 12.2. The van der Waals surface area contributed by atoms with Gasteiger partial charge in [-0.15, -0.1) is 0 Å². The molecule has 0 aliphatic heterocycles. The number of carbonyl (C=O) groups is 1. The van der Waals surface area contributed by atoms with Gasteiger partial charge >= 0.3 is 5.97 Å². The van der Waals surface area contributed by atoms with Crippen LogP contribution in [0.5, 0.6) is 11.6 Å². The summed E-state index contributed by atoms with van der Waals surface area (Å²) in [6.45, 7) is 0. The Kier molecular flexibility index (Phi) is 4.10. The number of aromatic hydroxyl groups is 1. The van der Waals surface area contributed by atoms with Crippen molar-refractivity contribution in [2.75, 3.05) is 0 Å². The molecule has 27 heavy (non-hydrogen) atoms. The Morgan fingerprint density at radius 2 is 1.96 bits per heavy atom. The molecule has 0 aliphatic rings. The predicted octanol–water partition coefficient (Wildman–Crippen LogP) is 3.17. The zero-order valence-corrected chi connectivity index (χ0v) is 13.8. The minimum atomic E-state index is -0.569. The molecule has 3 heterocycles. The molecule has 4 aromatic rings. The Hall–Kier alpha value is -4.00. The molecule has 0 aliphatic carbocycles. The molecule has 132 valence electrons. The molecule has 4 rings (SSSR count). The van der Waals surface area contributed by atoms with Crippen LogP contribution in [-0.4, -0.2) is 21.0 Å². The number of benzene rings is 1. The Labute approximate surface area is 152 Å². The van der Waals surface area contributed by atoms with Crippen LogP contribution < -0.4 is 10.2 Å². The Morgan fingerprint density at radius 3 is 2.70 bits per heavy atom. The second-order valence-electron chi connectivity index (χ2n) is 5.67. The first-order chi connectivity index (χ1) is 13.1. The van der Waals surface area contributed by atoms with Crippen molar-refractivity contribution in [2.24, 2.45) is 0 Å². The van der Waals surface area contributed by atoms with Gasteiger partial charge in [0.15, 0.2) is 5.43 Å². The minimum Gasteiger partial charge on any atom is -0.508 e. The van der Waals surface area contributed by atoms with Crippen molar-refractivity contribution >= 4 is 16.9 Å². The zero-order valence-electron chi connectivity index (χ0n) is 13.8. The van der Waals surface area contributed by atoms with E-state index in [9.17, 15) is 14.7 Å². The van der Waals surface area contributed by atoms with E-state index in [2.05, 4.69) is 9.97 Å². The summed E-state index contributed by atoms with van der Waals surface area (Å²) in [5, 5.41) is 9.78. The summed E-state index contributed by atoms with van der Waals surface area (Å²) in [5.41, 5.74) is 0.923. The van der Waals surface area contributed by atoms with Gasteiger partial charge in [-0.1, -0.05) is 0 Å². The van der Waals surface area contributed by atoms with E-state index < -0.39 is 5.97 Å². The normalized spacial score (nSPS) is 10.7. The van der Waals surface area contributed by atoms with E-state index in [4.69, 9.17) is 9.15 Å². The fourth-order valence-corrected chi connectivity index (χ4v) is 2.51. The first-order valence-electron chi connectivity index (χ1n) is 7.96. The minimum absolute atomic E-state index is 0.0102. The molecule has 0 atom stereocenters. The summed E-state index contributed by atoms with van der Waals surface area (Å²) < 4.78 is 10.9. The zero-order chi connectivity index (χ0) is 18.8. The number of carbonyl (C=O) groups excluding carboxylic acids is 1. The largest absolute Gasteiger partial charge is 0.508 e. The number of hydrogen-bond acceptors (Lipinski definition) is 7. The quantitative estimate of drug-likeness (QED) is 0.560. The van der Waals surface area contributed by atoms with Crippen LogP contribution in [0.3, 0.4) is 0 Å². The van der Waals surface area contributed by atoms with Crippen LogP contribution in [0.2, 0.25) is 0 Å². The average Bonchev–Trinajstić information content (AvgIpc) is 2.69. The van der Waals surface area contributed by atoms with Crippen LogP contribution in [0.4, 0.5) is 0 Å². The molecule has 1 N–H and O–H groups in total. The van der Waals surface area contributed by atoms with Crippen molar-refractivity contribution in [3.63, 3.8) is 0 Å². The summed E-state index contributed by atoms with van der Waals surface area (Å²) in [7, 11) is 0. The fraction of sp³-hybridized carbons (Fsp3) is 0. The van der Waals surface area contributed by atoms with Crippen LogP contribution in [0.15, 0.2) is 76.3 Å². The van der Waals surface area contributed by atoms with Gasteiger partial charge in [-0.2, -0.15) is 0 Å². The third-order valence-electron chi connectivity index (χ3n) is 3.83. The van der Waals surface area contributed by atoms with Gasteiger partial charge in [-0.25, -0.2) is 9.78 Å². The molecule has 0 spiro atoms. The van der Waals surface area contributed by atoms with Crippen molar-refractivity contribution in [3.05, 3.63) is 82.9 Å². The number of ether oxygens (including phenoxy) is 1. The van der Waals surface area contributed by atoms with E-state index in [1.54, 1.807) is 24.4 Å². The lowest BCUT2D eigenvalue weighted by Crippen LogP contribution is -2.09. The number of nitrogens with zero attached hydrogens (tertiary/aromatic N) is 2. The van der Waals surface area contributed by atoms with Crippen LogP contribution >= 0.6 is 0 Å². The van der Waals surface area contributed by atoms with E-state index in [1.807, 2.05) is 0 Å². The summed E-state index contributed by atoms with van der Waals surface area (Å²) in [6.07, 6.45) is 4.40. The number of hydrogen-bond donors (Lipinski definition) is 1. The maximum Gasteiger partial charge on any atom is 0.346 e. The van der Waals surface area contributed by atoms with Crippen LogP contribution in [0, 0.1) is 0 Å². The molecule has 0 unspecified atom stereocenters. The van der Waals surface area contributed by atoms with Crippen molar-refractivity contribution in [1.82, 2.24) is 9.97 Å². The van der Waals surface area contributed by atoms with Crippen LogP contribution in [0.25, 0.3) is 22.3 Å². The summed E-state index contributed by atoms with van der Waals surface area (Å²) >= 11 is 0. The van der Waals surface area contributed by atoms with Gasteiger partial charge in [0.05, 0.1) is 10.9 Å². The van der Waals surface area contributed by atoms with Crippen LogP contribution in [-0.2, 0) is 0 Å². The van der Waals surface area contributed by atoms with Crippen molar-refractivity contribution in [1.29, 1.82) is 0 Å². The molecule has 7 nitrogen and oxygen atoms in total. The molecule has 3 aromatic heterocycles. The molecule has 0 fully saturated rings. The van der Waals surface area contributed by atoms with E-state index in [0.29, 0.717) is 22.5 Å². The van der Waals surface area contributed by atoms with E-state index in [0.717, 1.165) is 0 Å². The molecular formula is C20H12N2O5. The summed E-state index contributed by atoms with van der Waals surface area (Å²) in [6, 6.07) is 12.0. The number of esters is 1. The number of phenolic OH excluding ortho intramolecular Hbond substituents is 1. The summed E-state index contributed by atoms with van der Waals surface area (Å²) in [5.74, 6) is -0.152. The molecule has 7 heteroatoms. The standard InChI is InChI=1S/C20H12N2O5/c23-14-4-5-17-15(8-14)16(24)9-18(26-17)12-3-6-19(22-11-12)27-20(25)13-2-1-7-21-10-13/h1-11,23H. The monoisotopic (exact) mass is 360 g/mol. The van der Waals surface area contributed by atoms with Crippen molar-refractivity contribution in [2.45, 2.75) is 0 Å². The van der Waals surface area contributed by atoms with Crippen LogP contribution in [0.1, 0.15) is 10.4 Å². The van der Waals surface area contributed by atoms with Crippen molar-refractivity contribution < 1.29 is 19.1 Å².